The molecule has 0 spiro atoms. The Morgan fingerprint density at radius 3 is 2.72 bits per heavy atom. The second-order valence-corrected chi connectivity index (χ2v) is 6.66. The van der Waals surface area contributed by atoms with Gasteiger partial charge in [-0.1, -0.05) is 26.7 Å². The van der Waals surface area contributed by atoms with Crippen molar-refractivity contribution in [2.75, 3.05) is 26.2 Å². The van der Waals surface area contributed by atoms with Gasteiger partial charge in [-0.2, -0.15) is 0 Å². The van der Waals surface area contributed by atoms with Gasteiger partial charge in [0.1, 0.15) is 0 Å². The molecule has 4 unspecified atom stereocenters. The van der Waals surface area contributed by atoms with E-state index in [4.69, 9.17) is 0 Å². The smallest absolute Gasteiger partial charge is 0.00793 e. The van der Waals surface area contributed by atoms with E-state index in [1.54, 1.807) is 0 Å². The Balaban J connectivity index is 1.71. The quantitative estimate of drug-likeness (QED) is 0.809. The lowest BCUT2D eigenvalue weighted by Crippen LogP contribution is -2.45. The second-order valence-electron chi connectivity index (χ2n) is 6.66. The molecule has 4 atom stereocenters. The fraction of sp³-hybridized carbons (Fsp3) is 1.00. The third-order valence-electron chi connectivity index (χ3n) is 5.44. The summed E-state index contributed by atoms with van der Waals surface area (Å²) < 4.78 is 0. The maximum absolute atomic E-state index is 3.84. The molecule has 0 bridgehead atoms. The van der Waals surface area contributed by atoms with Crippen molar-refractivity contribution in [2.24, 2.45) is 17.8 Å². The van der Waals surface area contributed by atoms with Gasteiger partial charge in [0.2, 0.25) is 0 Å². The van der Waals surface area contributed by atoms with Crippen LogP contribution in [0.2, 0.25) is 0 Å². The third-order valence-corrected chi connectivity index (χ3v) is 5.44. The van der Waals surface area contributed by atoms with E-state index >= 15 is 0 Å². The molecule has 0 aromatic heterocycles. The Labute approximate surface area is 114 Å². The number of nitrogens with zero attached hydrogens (tertiary/aromatic N) is 1. The van der Waals surface area contributed by atoms with Gasteiger partial charge >= 0.3 is 0 Å². The maximum atomic E-state index is 3.84. The van der Waals surface area contributed by atoms with Crippen molar-refractivity contribution in [1.29, 1.82) is 0 Å². The van der Waals surface area contributed by atoms with Gasteiger partial charge in [0, 0.05) is 12.6 Å². The van der Waals surface area contributed by atoms with E-state index in [0.717, 1.165) is 17.8 Å². The average molecular weight is 252 g/mol. The Hall–Kier alpha value is -0.0800. The first-order chi connectivity index (χ1) is 8.70. The molecule has 1 saturated heterocycles. The molecule has 0 aromatic rings. The Kier molecular flexibility index (Phi) is 5.50. The van der Waals surface area contributed by atoms with Gasteiger partial charge in [0.05, 0.1) is 0 Å². The first kappa shape index (κ1) is 14.3. The molecule has 1 aliphatic carbocycles. The van der Waals surface area contributed by atoms with Crippen LogP contribution in [0.3, 0.4) is 0 Å². The first-order valence-corrected chi connectivity index (χ1v) is 8.16. The Morgan fingerprint density at radius 2 is 2.06 bits per heavy atom. The van der Waals surface area contributed by atoms with Gasteiger partial charge in [0.15, 0.2) is 0 Å². The minimum atomic E-state index is 0.701. The predicted molar refractivity (Wildman–Crippen MR) is 78.8 cm³/mol. The van der Waals surface area contributed by atoms with Crippen molar-refractivity contribution in [3.05, 3.63) is 0 Å². The van der Waals surface area contributed by atoms with Crippen LogP contribution in [0.4, 0.5) is 0 Å². The topological polar surface area (TPSA) is 15.3 Å². The molecular weight excluding hydrogens is 220 g/mol. The Bertz CT molecular complexity index is 241. The van der Waals surface area contributed by atoms with Crippen LogP contribution < -0.4 is 5.32 Å². The van der Waals surface area contributed by atoms with Crippen LogP contribution in [0.25, 0.3) is 0 Å². The predicted octanol–water partition coefficient (Wildman–Crippen LogP) is 3.13. The van der Waals surface area contributed by atoms with Crippen molar-refractivity contribution in [2.45, 2.75) is 58.9 Å². The van der Waals surface area contributed by atoms with Gasteiger partial charge in [-0.15, -0.1) is 0 Å². The molecule has 1 aliphatic heterocycles. The van der Waals surface area contributed by atoms with Crippen LogP contribution in [0.1, 0.15) is 52.9 Å². The number of hydrogen-bond donors (Lipinski definition) is 1. The molecule has 1 N–H and O–H groups in total. The van der Waals surface area contributed by atoms with E-state index in [-0.39, 0.29) is 0 Å². The fourth-order valence-corrected chi connectivity index (χ4v) is 3.82. The average Bonchev–Trinajstić information content (AvgIpc) is 2.81. The summed E-state index contributed by atoms with van der Waals surface area (Å²) in [4.78, 5) is 2.62. The van der Waals surface area contributed by atoms with Gasteiger partial charge in [0.25, 0.3) is 0 Å². The zero-order chi connectivity index (χ0) is 13.0. The van der Waals surface area contributed by atoms with Crippen LogP contribution in [-0.2, 0) is 0 Å². The molecular formula is C16H32N2. The highest BCUT2D eigenvalue weighted by atomic mass is 15.1. The van der Waals surface area contributed by atoms with Crippen LogP contribution in [0.15, 0.2) is 0 Å². The third kappa shape index (κ3) is 3.71. The van der Waals surface area contributed by atoms with Crippen molar-refractivity contribution >= 4 is 0 Å². The minimum Gasteiger partial charge on any atom is -0.314 e. The molecule has 0 aromatic carbocycles. The van der Waals surface area contributed by atoms with Crippen molar-refractivity contribution in [3.8, 4) is 0 Å². The molecule has 2 nitrogen and oxygen atoms in total. The standard InChI is InChI=1S/C16H32N2/c1-4-18-10-6-9-16(12-18)14(3)17-11-15-8-5-7-13(15)2/h13-17H,4-12H2,1-3H3. The van der Waals surface area contributed by atoms with Crippen molar-refractivity contribution < 1.29 is 0 Å². The molecule has 2 aliphatic rings. The van der Waals surface area contributed by atoms with E-state index in [1.807, 2.05) is 0 Å². The van der Waals surface area contributed by atoms with Crippen molar-refractivity contribution in [3.63, 3.8) is 0 Å². The lowest BCUT2D eigenvalue weighted by Gasteiger charge is -2.36. The maximum Gasteiger partial charge on any atom is 0.00793 e. The largest absolute Gasteiger partial charge is 0.314 e. The summed E-state index contributed by atoms with van der Waals surface area (Å²) in [5.74, 6) is 2.76. The number of hydrogen-bond acceptors (Lipinski definition) is 2. The van der Waals surface area contributed by atoms with E-state index in [9.17, 15) is 0 Å². The molecule has 0 radical (unpaired) electrons. The molecule has 1 saturated carbocycles. The highest BCUT2D eigenvalue weighted by molar-refractivity contribution is 4.82. The Morgan fingerprint density at radius 1 is 1.22 bits per heavy atom. The van der Waals surface area contributed by atoms with E-state index in [2.05, 4.69) is 31.0 Å². The SMILES string of the molecule is CCN1CCCC(C(C)NCC2CCCC2C)C1. The molecule has 2 fully saturated rings. The lowest BCUT2D eigenvalue weighted by molar-refractivity contribution is 0.154. The molecule has 2 rings (SSSR count). The molecule has 0 amide bonds. The van der Waals surface area contributed by atoms with Gasteiger partial charge in [-0.3, -0.25) is 0 Å². The highest BCUT2D eigenvalue weighted by Crippen LogP contribution is 2.30. The van der Waals surface area contributed by atoms with Crippen LogP contribution in [0.5, 0.6) is 0 Å². The number of rotatable bonds is 5. The zero-order valence-electron chi connectivity index (χ0n) is 12.6. The minimum absolute atomic E-state index is 0.701. The van der Waals surface area contributed by atoms with E-state index in [1.165, 1.54) is 58.3 Å². The van der Waals surface area contributed by atoms with E-state index < -0.39 is 0 Å². The van der Waals surface area contributed by atoms with Gasteiger partial charge in [-0.25, -0.2) is 0 Å². The zero-order valence-corrected chi connectivity index (χ0v) is 12.6. The van der Waals surface area contributed by atoms with Crippen LogP contribution in [0, 0.1) is 17.8 Å². The summed E-state index contributed by atoms with van der Waals surface area (Å²) >= 11 is 0. The molecule has 18 heavy (non-hydrogen) atoms. The fourth-order valence-electron chi connectivity index (χ4n) is 3.82. The normalized spacial score (nSPS) is 35.8. The van der Waals surface area contributed by atoms with E-state index in [0.29, 0.717) is 6.04 Å². The summed E-state index contributed by atoms with van der Waals surface area (Å²) in [6.07, 6.45) is 7.17. The van der Waals surface area contributed by atoms with Crippen molar-refractivity contribution in [1.82, 2.24) is 10.2 Å². The number of likely N-dealkylation sites (tertiary alicyclic amines) is 1. The molecule has 1 heterocycles. The second kappa shape index (κ2) is 6.91. The molecule has 106 valence electrons. The van der Waals surface area contributed by atoms with Gasteiger partial charge in [-0.05, 0) is 63.6 Å². The highest BCUT2D eigenvalue weighted by Gasteiger charge is 2.26. The van der Waals surface area contributed by atoms with Crippen LogP contribution >= 0.6 is 0 Å². The first-order valence-electron chi connectivity index (χ1n) is 8.16. The molecule has 2 heteroatoms. The summed E-state index contributed by atoms with van der Waals surface area (Å²) in [5.41, 5.74) is 0. The summed E-state index contributed by atoms with van der Waals surface area (Å²) in [6, 6.07) is 0.701. The van der Waals surface area contributed by atoms with Crippen LogP contribution in [-0.4, -0.2) is 37.1 Å². The number of piperidine rings is 1. The summed E-state index contributed by atoms with van der Waals surface area (Å²) in [6.45, 7) is 12.2. The summed E-state index contributed by atoms with van der Waals surface area (Å²) in [5, 5.41) is 3.84. The van der Waals surface area contributed by atoms with Gasteiger partial charge < -0.3 is 10.2 Å². The monoisotopic (exact) mass is 252 g/mol. The lowest BCUT2D eigenvalue weighted by atomic mass is 9.90. The summed E-state index contributed by atoms with van der Waals surface area (Å²) in [7, 11) is 0. The number of nitrogens with one attached hydrogen (secondary N) is 1.